The summed E-state index contributed by atoms with van der Waals surface area (Å²) >= 11 is 0. The standard InChI is InChI=1S/C35H25N5/c1-35(2)26-16-10-9-15-24(26)25-17-18-27-30(31(25)35)33-28(19-36-21-38-33)40(27)29-20-37-34(23-13-7-4-8-14-23)39-32(29)22-11-5-3-6-12-22/h3-21H,1-2H3. The second kappa shape index (κ2) is 8.42. The molecule has 5 heteroatoms. The molecule has 3 aromatic heterocycles. The van der Waals surface area contributed by atoms with Gasteiger partial charge in [-0.3, -0.25) is 0 Å². The van der Waals surface area contributed by atoms with Crippen LogP contribution in [-0.2, 0) is 5.41 Å². The molecule has 0 aliphatic heterocycles. The third-order valence-corrected chi connectivity index (χ3v) is 8.20. The number of benzene rings is 4. The molecule has 190 valence electrons. The maximum absolute atomic E-state index is 5.14. The van der Waals surface area contributed by atoms with Crippen LogP contribution in [0.5, 0.6) is 0 Å². The highest BCUT2D eigenvalue weighted by atomic mass is 15.1. The van der Waals surface area contributed by atoms with Crippen LogP contribution in [0.15, 0.2) is 116 Å². The minimum Gasteiger partial charge on any atom is -0.303 e. The van der Waals surface area contributed by atoms with E-state index < -0.39 is 0 Å². The van der Waals surface area contributed by atoms with Crippen molar-refractivity contribution in [3.63, 3.8) is 0 Å². The summed E-state index contributed by atoms with van der Waals surface area (Å²) in [6.45, 7) is 4.63. The largest absolute Gasteiger partial charge is 0.303 e. The van der Waals surface area contributed by atoms with Crippen LogP contribution in [0, 0.1) is 0 Å². The molecule has 0 saturated heterocycles. The summed E-state index contributed by atoms with van der Waals surface area (Å²) in [5.74, 6) is 0.692. The molecule has 0 fully saturated rings. The van der Waals surface area contributed by atoms with Gasteiger partial charge >= 0.3 is 0 Å². The van der Waals surface area contributed by atoms with Gasteiger partial charge in [-0.25, -0.2) is 19.9 Å². The van der Waals surface area contributed by atoms with E-state index >= 15 is 0 Å². The van der Waals surface area contributed by atoms with Gasteiger partial charge in [0.1, 0.15) is 11.8 Å². The van der Waals surface area contributed by atoms with E-state index in [2.05, 4.69) is 71.9 Å². The van der Waals surface area contributed by atoms with Crippen molar-refractivity contribution in [3.8, 4) is 39.5 Å². The smallest absolute Gasteiger partial charge is 0.159 e. The van der Waals surface area contributed by atoms with E-state index in [1.807, 2.05) is 60.9 Å². The predicted octanol–water partition coefficient (Wildman–Crippen LogP) is 8.00. The Hall–Kier alpha value is -5.16. The predicted molar refractivity (Wildman–Crippen MR) is 160 cm³/mol. The van der Waals surface area contributed by atoms with Gasteiger partial charge in [-0.1, -0.05) is 105 Å². The summed E-state index contributed by atoms with van der Waals surface area (Å²) in [6, 6.07) is 33.6. The van der Waals surface area contributed by atoms with Crippen molar-refractivity contribution in [3.05, 3.63) is 127 Å². The van der Waals surface area contributed by atoms with Crippen LogP contribution in [0.4, 0.5) is 0 Å². The average molecular weight is 516 g/mol. The number of rotatable bonds is 3. The molecule has 0 bridgehead atoms. The van der Waals surface area contributed by atoms with E-state index in [0.717, 1.165) is 44.4 Å². The average Bonchev–Trinajstić information content (AvgIpc) is 3.46. The van der Waals surface area contributed by atoms with E-state index in [0.29, 0.717) is 5.82 Å². The molecule has 7 aromatic rings. The monoisotopic (exact) mass is 515 g/mol. The van der Waals surface area contributed by atoms with Crippen molar-refractivity contribution in [2.24, 2.45) is 0 Å². The van der Waals surface area contributed by atoms with Gasteiger partial charge in [0, 0.05) is 21.9 Å². The van der Waals surface area contributed by atoms with Crippen LogP contribution in [0.2, 0.25) is 0 Å². The molecule has 0 saturated carbocycles. The van der Waals surface area contributed by atoms with Crippen LogP contribution in [0.3, 0.4) is 0 Å². The van der Waals surface area contributed by atoms with Gasteiger partial charge in [-0.2, -0.15) is 0 Å². The van der Waals surface area contributed by atoms with Crippen molar-refractivity contribution in [2.75, 3.05) is 0 Å². The third kappa shape index (κ3) is 3.15. The number of hydrogen-bond acceptors (Lipinski definition) is 4. The molecule has 0 unspecified atom stereocenters. The Bertz CT molecular complexity index is 2080. The van der Waals surface area contributed by atoms with E-state index in [1.54, 1.807) is 6.33 Å². The molecule has 40 heavy (non-hydrogen) atoms. The van der Waals surface area contributed by atoms with Crippen molar-refractivity contribution in [1.29, 1.82) is 0 Å². The Morgan fingerprint density at radius 2 is 1.38 bits per heavy atom. The molecule has 1 aliphatic rings. The number of nitrogens with zero attached hydrogens (tertiary/aromatic N) is 5. The second-order valence-electron chi connectivity index (χ2n) is 10.8. The van der Waals surface area contributed by atoms with Gasteiger partial charge in [0.2, 0.25) is 0 Å². The maximum atomic E-state index is 5.14. The Kier molecular flexibility index (Phi) is 4.80. The molecule has 3 heterocycles. The molecule has 1 aliphatic carbocycles. The lowest BCUT2D eigenvalue weighted by atomic mass is 9.81. The van der Waals surface area contributed by atoms with Crippen LogP contribution < -0.4 is 0 Å². The first-order chi connectivity index (χ1) is 19.6. The van der Waals surface area contributed by atoms with Gasteiger partial charge in [0.25, 0.3) is 0 Å². The van der Waals surface area contributed by atoms with Gasteiger partial charge in [0.05, 0.1) is 34.8 Å². The molecular weight excluding hydrogens is 490 g/mol. The molecule has 0 amide bonds. The molecule has 0 N–H and O–H groups in total. The maximum Gasteiger partial charge on any atom is 0.159 e. The Morgan fingerprint density at radius 1 is 0.650 bits per heavy atom. The van der Waals surface area contributed by atoms with Crippen LogP contribution >= 0.6 is 0 Å². The fourth-order valence-corrected chi connectivity index (χ4v) is 6.43. The Balaban J connectivity index is 1.48. The molecule has 4 aromatic carbocycles. The molecular formula is C35H25N5. The fourth-order valence-electron chi connectivity index (χ4n) is 6.43. The highest BCUT2D eigenvalue weighted by Crippen LogP contribution is 2.53. The second-order valence-corrected chi connectivity index (χ2v) is 10.8. The minimum absolute atomic E-state index is 0.175. The molecule has 0 atom stereocenters. The molecule has 8 rings (SSSR count). The van der Waals surface area contributed by atoms with Gasteiger partial charge in [0.15, 0.2) is 5.82 Å². The summed E-state index contributed by atoms with van der Waals surface area (Å²) in [7, 11) is 0. The van der Waals surface area contributed by atoms with Crippen LogP contribution in [0.25, 0.3) is 61.4 Å². The SMILES string of the molecule is CC1(C)c2ccccc2-c2ccc3c(c21)c1ncncc1n3-c1cnc(-c2ccccc2)nc1-c1ccccc1. The summed E-state index contributed by atoms with van der Waals surface area (Å²) in [5.41, 5.74) is 11.7. The van der Waals surface area contributed by atoms with Crippen molar-refractivity contribution in [1.82, 2.24) is 24.5 Å². The summed E-state index contributed by atoms with van der Waals surface area (Å²) < 4.78 is 2.24. The minimum atomic E-state index is -0.175. The Morgan fingerprint density at radius 3 is 2.17 bits per heavy atom. The van der Waals surface area contributed by atoms with E-state index in [9.17, 15) is 0 Å². The normalized spacial score (nSPS) is 13.4. The number of fused-ring (bicyclic) bond motifs is 7. The topological polar surface area (TPSA) is 56.5 Å². The lowest BCUT2D eigenvalue weighted by molar-refractivity contribution is 0.666. The first-order valence-electron chi connectivity index (χ1n) is 13.5. The highest BCUT2D eigenvalue weighted by molar-refractivity contribution is 6.12. The van der Waals surface area contributed by atoms with Crippen molar-refractivity contribution >= 4 is 21.9 Å². The zero-order chi connectivity index (χ0) is 26.8. The van der Waals surface area contributed by atoms with E-state index in [1.165, 1.54) is 22.3 Å². The van der Waals surface area contributed by atoms with Gasteiger partial charge < -0.3 is 4.57 Å². The molecule has 0 spiro atoms. The van der Waals surface area contributed by atoms with E-state index in [-0.39, 0.29) is 5.41 Å². The zero-order valence-electron chi connectivity index (χ0n) is 22.2. The summed E-state index contributed by atoms with van der Waals surface area (Å²) in [4.78, 5) is 19.3. The molecule has 0 radical (unpaired) electrons. The zero-order valence-corrected chi connectivity index (χ0v) is 22.2. The fraction of sp³-hybridized carbons (Fsp3) is 0.0857. The quantitative estimate of drug-likeness (QED) is 0.239. The first kappa shape index (κ1) is 22.8. The lowest BCUT2D eigenvalue weighted by Crippen LogP contribution is -2.15. The first-order valence-corrected chi connectivity index (χ1v) is 13.5. The Labute approximate surface area is 231 Å². The lowest BCUT2D eigenvalue weighted by Gasteiger charge is -2.22. The van der Waals surface area contributed by atoms with Gasteiger partial charge in [-0.15, -0.1) is 0 Å². The van der Waals surface area contributed by atoms with E-state index in [4.69, 9.17) is 15.0 Å². The third-order valence-electron chi connectivity index (χ3n) is 8.20. The number of hydrogen-bond donors (Lipinski definition) is 0. The van der Waals surface area contributed by atoms with Crippen molar-refractivity contribution in [2.45, 2.75) is 19.3 Å². The van der Waals surface area contributed by atoms with Crippen LogP contribution in [-0.4, -0.2) is 24.5 Å². The summed E-state index contributed by atoms with van der Waals surface area (Å²) in [6.07, 6.45) is 5.49. The molecule has 5 nitrogen and oxygen atoms in total. The number of aromatic nitrogens is 5. The van der Waals surface area contributed by atoms with Crippen LogP contribution in [0.1, 0.15) is 25.0 Å². The van der Waals surface area contributed by atoms with Gasteiger partial charge in [-0.05, 0) is 28.3 Å². The highest BCUT2D eigenvalue weighted by Gasteiger charge is 2.38. The van der Waals surface area contributed by atoms with Crippen molar-refractivity contribution < 1.29 is 0 Å². The summed E-state index contributed by atoms with van der Waals surface area (Å²) in [5, 5.41) is 1.15.